The first-order valence-corrected chi connectivity index (χ1v) is 38.4. The maximum atomic E-state index is 12.8. The fourth-order valence-corrected chi connectivity index (χ4v) is 11.5. The van der Waals surface area contributed by atoms with Gasteiger partial charge in [-0.15, -0.1) is 6.58 Å². The molecule has 1 saturated carbocycles. The fraction of sp³-hybridized carbons (Fsp3) is 0.271. The van der Waals surface area contributed by atoms with Gasteiger partial charge < -0.3 is 61.6 Å². The van der Waals surface area contributed by atoms with Crippen LogP contribution in [-0.4, -0.2) is 117 Å². The van der Waals surface area contributed by atoms with Crippen LogP contribution in [0, 0.1) is 24.2 Å². The van der Waals surface area contributed by atoms with E-state index in [1.54, 1.807) is 210 Å². The van der Waals surface area contributed by atoms with Gasteiger partial charge in [-0.3, -0.25) is 0 Å². The molecule has 0 N–H and O–H groups in total. The van der Waals surface area contributed by atoms with Gasteiger partial charge in [0.25, 0.3) is 0 Å². The van der Waals surface area contributed by atoms with Crippen molar-refractivity contribution in [3.8, 4) is 46.3 Å². The molecular formula is C96H103NO20. The summed E-state index contributed by atoms with van der Waals surface area (Å²) >= 11 is 0. The number of aryl methyl sites for hydroxylation is 1. The summed E-state index contributed by atoms with van der Waals surface area (Å²) in [5, 5.41) is 8.67. The second kappa shape index (κ2) is 52.1. The molecule has 1 fully saturated rings. The van der Waals surface area contributed by atoms with Gasteiger partial charge in [0.2, 0.25) is 0 Å². The van der Waals surface area contributed by atoms with E-state index in [0.717, 1.165) is 46.8 Å². The van der Waals surface area contributed by atoms with E-state index < -0.39 is 17.9 Å². The first-order chi connectivity index (χ1) is 57.0. The molecule has 0 atom stereocenters. The predicted molar refractivity (Wildman–Crippen MR) is 451 cm³/mol. The summed E-state index contributed by atoms with van der Waals surface area (Å²) in [6.45, 7) is 27.3. The van der Waals surface area contributed by atoms with Gasteiger partial charge in [0.05, 0.1) is 73.0 Å². The number of hydrogen-bond acceptors (Lipinski definition) is 21. The molecule has 1 aliphatic carbocycles. The molecule has 10 rings (SSSR count). The second-order valence-electron chi connectivity index (χ2n) is 26.4. The van der Waals surface area contributed by atoms with E-state index in [9.17, 15) is 24.0 Å². The van der Waals surface area contributed by atoms with Gasteiger partial charge in [0.15, 0.2) is 0 Å². The molecule has 117 heavy (non-hydrogen) atoms. The Bertz CT molecular complexity index is 4600. The Labute approximate surface area is 686 Å². The van der Waals surface area contributed by atoms with Crippen LogP contribution in [0.25, 0.3) is 23.7 Å². The van der Waals surface area contributed by atoms with E-state index >= 15 is 0 Å². The van der Waals surface area contributed by atoms with E-state index in [4.69, 9.17) is 76.6 Å². The normalized spacial score (nSPS) is 12.4. The summed E-state index contributed by atoms with van der Waals surface area (Å²) in [6, 6.07) is 62.6. The number of nitrogens with zero attached hydrogens (tertiary/aromatic N) is 1. The lowest BCUT2D eigenvalue weighted by Gasteiger charge is -2.28. The molecule has 612 valence electrons. The minimum Gasteiger partial charge on any atom is -0.497 e. The standard InChI is InChI=1S/C33H36O10.C31H42O5.C16H11NO2.C16H14O3/c1-5-17-40-41-19-6-18-39-28-11-13-29(14-12-28)42-33(35)31-16-15-30(22-24(31)2)43-32(34)27-9-7-26(8-10-27)25(3)38-21-20-37-23-36-4;1-4-7-25-8-10-27(11-9-25)28-16-18-30(19-17-28)36-31(32)29-14-12-26(13-15-29)24(2)35-23-6-22-34-21-5-20-33-3;1-2-12-3-7-14(8-4-12)16(18)19-15-9-5-13(11-17)6-10-15;1-3-12-4-6-13(7-5-12)16(17)19-15-10-8-14(18-2)9-11-15/h5,7-16,22H,1,3,6,17-21,23H2,2,4H3;12-19,25,27H,2,4-11,20-23H2,1,3H3;2-10H,1H2;3-11H,1H2,2H3. The van der Waals surface area contributed by atoms with Gasteiger partial charge in [-0.1, -0.05) is 125 Å². The average molecular weight is 1590 g/mol. The maximum Gasteiger partial charge on any atom is 0.343 e. The number of rotatable bonds is 41. The Hall–Kier alpha value is -12.5. The molecule has 0 spiro atoms. The van der Waals surface area contributed by atoms with Crippen LogP contribution < -0.4 is 33.2 Å². The first-order valence-electron chi connectivity index (χ1n) is 38.4. The van der Waals surface area contributed by atoms with Crippen LogP contribution in [0.5, 0.6) is 40.2 Å². The highest BCUT2D eigenvalue weighted by atomic mass is 17.2. The van der Waals surface area contributed by atoms with E-state index in [0.29, 0.717) is 157 Å². The Morgan fingerprint density at radius 2 is 0.855 bits per heavy atom. The third-order valence-corrected chi connectivity index (χ3v) is 17.8. The highest BCUT2D eigenvalue weighted by molar-refractivity contribution is 5.95. The minimum atomic E-state index is -0.545. The summed E-state index contributed by atoms with van der Waals surface area (Å²) in [6.07, 6.45) is 15.2. The average Bonchev–Trinajstić information content (AvgIpc) is 0.835. The van der Waals surface area contributed by atoms with Gasteiger partial charge in [0, 0.05) is 58.0 Å². The number of carbonyl (C=O) groups is 5. The number of esters is 5. The van der Waals surface area contributed by atoms with Crippen molar-refractivity contribution >= 4 is 53.5 Å². The minimum absolute atomic E-state index is 0.191. The Morgan fingerprint density at radius 3 is 1.32 bits per heavy atom. The summed E-state index contributed by atoms with van der Waals surface area (Å²) in [5.41, 5.74) is 8.08. The first kappa shape index (κ1) is 91.7. The summed E-state index contributed by atoms with van der Waals surface area (Å²) in [5.74, 6) is 3.77. The van der Waals surface area contributed by atoms with Crippen molar-refractivity contribution in [2.45, 2.75) is 77.6 Å². The van der Waals surface area contributed by atoms with Crippen molar-refractivity contribution in [2.75, 3.05) is 87.6 Å². The van der Waals surface area contributed by atoms with Crippen molar-refractivity contribution in [2.24, 2.45) is 5.92 Å². The molecule has 0 heterocycles. The van der Waals surface area contributed by atoms with E-state index in [-0.39, 0.29) is 18.7 Å². The lowest BCUT2D eigenvalue weighted by Crippen LogP contribution is -2.13. The number of ether oxygens (including phenoxy) is 13. The molecule has 0 aliphatic heterocycles. The van der Waals surface area contributed by atoms with Crippen molar-refractivity contribution in [3.05, 3.63) is 318 Å². The van der Waals surface area contributed by atoms with Crippen LogP contribution in [-0.2, 0) is 38.2 Å². The molecule has 21 heteroatoms. The van der Waals surface area contributed by atoms with Gasteiger partial charge in [-0.25, -0.2) is 33.7 Å². The third kappa shape index (κ3) is 33.1. The highest BCUT2D eigenvalue weighted by Gasteiger charge is 2.23. The zero-order valence-electron chi connectivity index (χ0n) is 67.2. The topological polar surface area (TPSA) is 248 Å². The van der Waals surface area contributed by atoms with Gasteiger partial charge in [-0.05, 0) is 225 Å². The fourth-order valence-electron chi connectivity index (χ4n) is 11.5. The molecule has 0 radical (unpaired) electrons. The SMILES string of the molecule is C=C(OCCCOCCCOC)c1ccc(C(=O)Oc2ccc(C3CCC(CCC)CC3)cc2)cc1.C=CCOOCCCOc1ccc(OC(=O)c2ccc(OC(=O)c3ccc(C(=C)OCCOCOC)cc3)cc2C)cc1.C=Cc1ccc(C(=O)Oc2ccc(C#N)cc2)cc1.C=Cc1ccc(C(=O)Oc2ccc(OC)cc2)cc1. The molecule has 0 amide bonds. The number of hydrogen-bond donors (Lipinski definition) is 0. The lowest BCUT2D eigenvalue weighted by atomic mass is 9.77. The summed E-state index contributed by atoms with van der Waals surface area (Å²) in [4.78, 5) is 71.6. The number of methoxy groups -OCH3 is 3. The van der Waals surface area contributed by atoms with E-state index in [1.165, 1.54) is 44.1 Å². The zero-order valence-corrected chi connectivity index (χ0v) is 67.2. The van der Waals surface area contributed by atoms with Crippen molar-refractivity contribution < 1.29 is 95.3 Å². The maximum absolute atomic E-state index is 12.8. The molecule has 0 aromatic heterocycles. The Morgan fingerprint density at radius 1 is 0.427 bits per heavy atom. The van der Waals surface area contributed by atoms with Crippen LogP contribution in [0.2, 0.25) is 0 Å². The molecule has 0 unspecified atom stereocenters. The van der Waals surface area contributed by atoms with Crippen LogP contribution >= 0.6 is 0 Å². The number of carbonyl (C=O) groups excluding carboxylic acids is 5. The van der Waals surface area contributed by atoms with Crippen LogP contribution in [0.4, 0.5) is 0 Å². The molecule has 0 bridgehead atoms. The molecule has 21 nitrogen and oxygen atoms in total. The van der Waals surface area contributed by atoms with Crippen LogP contribution in [0.3, 0.4) is 0 Å². The molecule has 1 aliphatic rings. The Kier molecular flexibility index (Phi) is 40.8. The molecule has 9 aromatic carbocycles. The second-order valence-corrected chi connectivity index (χ2v) is 26.4. The summed E-state index contributed by atoms with van der Waals surface area (Å²) in [7, 11) is 4.82. The van der Waals surface area contributed by atoms with Gasteiger partial charge in [-0.2, -0.15) is 5.26 Å². The molecular weight excluding hydrogens is 1490 g/mol. The largest absolute Gasteiger partial charge is 0.497 e. The summed E-state index contributed by atoms with van der Waals surface area (Å²) < 4.78 is 69.5. The van der Waals surface area contributed by atoms with Crippen molar-refractivity contribution in [1.29, 1.82) is 5.26 Å². The smallest absolute Gasteiger partial charge is 0.343 e. The highest BCUT2D eigenvalue weighted by Crippen LogP contribution is 2.38. The third-order valence-electron chi connectivity index (χ3n) is 17.8. The number of nitriles is 1. The van der Waals surface area contributed by atoms with Crippen LogP contribution in [0.15, 0.2) is 251 Å². The molecule has 9 aromatic rings. The molecule has 0 saturated heterocycles. The van der Waals surface area contributed by atoms with Gasteiger partial charge >= 0.3 is 29.8 Å². The predicted octanol–water partition coefficient (Wildman–Crippen LogP) is 20.3. The zero-order chi connectivity index (χ0) is 83.8. The van der Waals surface area contributed by atoms with Crippen molar-refractivity contribution in [1.82, 2.24) is 0 Å². The van der Waals surface area contributed by atoms with E-state index in [1.807, 2.05) is 42.5 Å². The van der Waals surface area contributed by atoms with Crippen LogP contribution in [0.1, 0.15) is 161 Å². The van der Waals surface area contributed by atoms with Crippen molar-refractivity contribution in [3.63, 3.8) is 0 Å². The quantitative estimate of drug-likeness (QED) is 0.00505. The van der Waals surface area contributed by atoms with Gasteiger partial charge in [0.1, 0.15) is 71.8 Å². The van der Waals surface area contributed by atoms with E-state index in [2.05, 4.69) is 52.0 Å². The number of benzene rings is 9. The Balaban J connectivity index is 0.000000228. The lowest BCUT2D eigenvalue weighted by molar-refractivity contribution is -0.287. The monoisotopic (exact) mass is 1590 g/mol.